The van der Waals surface area contributed by atoms with Gasteiger partial charge in [0.1, 0.15) is 0 Å². The second-order valence-electron chi connectivity index (χ2n) is 7.45. The molecule has 1 aliphatic heterocycles. The number of imide groups is 1. The van der Waals surface area contributed by atoms with Crippen LogP contribution in [0.3, 0.4) is 0 Å². The molecule has 0 radical (unpaired) electrons. The molecule has 1 atom stereocenters. The van der Waals surface area contributed by atoms with Gasteiger partial charge in [0.25, 0.3) is 5.91 Å². The van der Waals surface area contributed by atoms with Gasteiger partial charge in [-0.25, -0.2) is 4.52 Å². The van der Waals surface area contributed by atoms with Crippen LogP contribution in [0.1, 0.15) is 42.1 Å². The molecule has 1 aliphatic rings. The molecule has 1 fully saturated rings. The first kappa shape index (κ1) is 18.7. The van der Waals surface area contributed by atoms with Crippen molar-refractivity contribution in [2.75, 3.05) is 5.32 Å². The van der Waals surface area contributed by atoms with Crippen LogP contribution >= 0.6 is 0 Å². The summed E-state index contributed by atoms with van der Waals surface area (Å²) in [5, 5.41) is 9.91. The fourth-order valence-electron chi connectivity index (χ4n) is 3.57. The summed E-state index contributed by atoms with van der Waals surface area (Å²) >= 11 is 0. The van der Waals surface area contributed by atoms with E-state index in [1.807, 2.05) is 50.4 Å². The van der Waals surface area contributed by atoms with Crippen molar-refractivity contribution in [2.45, 2.75) is 32.2 Å². The number of primary amides is 1. The van der Waals surface area contributed by atoms with Gasteiger partial charge < -0.3 is 11.1 Å². The average molecular weight is 391 g/mol. The standard InChI is InChI=1S/C21H21N5O3/c1-11(2)24-19-16(20(22)28)9-23-26-10-14(7-17(19)26)12-3-5-13(6-4-12)15-8-18(27)25-21(15)29/h3-7,9-11,15,24H,8H2,1-2H3,(H2,22,28)(H,25,27,29). The lowest BCUT2D eigenvalue weighted by atomic mass is 9.95. The molecule has 2 aromatic heterocycles. The van der Waals surface area contributed by atoms with Crippen LogP contribution in [0.4, 0.5) is 5.69 Å². The monoisotopic (exact) mass is 391 g/mol. The molecule has 29 heavy (non-hydrogen) atoms. The number of nitrogens with two attached hydrogens (primary N) is 1. The number of nitrogens with zero attached hydrogens (tertiary/aromatic N) is 2. The van der Waals surface area contributed by atoms with Crippen LogP contribution in [0.5, 0.6) is 0 Å². The first-order valence-electron chi connectivity index (χ1n) is 9.35. The zero-order chi connectivity index (χ0) is 20.7. The van der Waals surface area contributed by atoms with Crippen molar-refractivity contribution in [3.05, 3.63) is 53.9 Å². The molecular formula is C21H21N5O3. The number of carbonyl (C=O) groups is 3. The minimum atomic E-state index is -0.542. The van der Waals surface area contributed by atoms with Gasteiger partial charge in [0.05, 0.1) is 28.9 Å². The van der Waals surface area contributed by atoms with E-state index in [-0.39, 0.29) is 24.3 Å². The normalized spacial score (nSPS) is 16.4. The van der Waals surface area contributed by atoms with Crippen LogP contribution in [-0.4, -0.2) is 33.4 Å². The van der Waals surface area contributed by atoms with Crippen molar-refractivity contribution in [1.82, 2.24) is 14.9 Å². The lowest BCUT2D eigenvalue weighted by molar-refractivity contribution is -0.125. The van der Waals surface area contributed by atoms with Crippen LogP contribution in [0.2, 0.25) is 0 Å². The van der Waals surface area contributed by atoms with Gasteiger partial charge in [-0.2, -0.15) is 5.10 Å². The van der Waals surface area contributed by atoms with Crippen molar-refractivity contribution in [3.8, 4) is 11.1 Å². The molecule has 1 saturated heterocycles. The van der Waals surface area contributed by atoms with E-state index in [2.05, 4.69) is 15.7 Å². The summed E-state index contributed by atoms with van der Waals surface area (Å²) in [6, 6.07) is 9.57. The van der Waals surface area contributed by atoms with Crippen LogP contribution in [0.15, 0.2) is 42.7 Å². The predicted molar refractivity (Wildman–Crippen MR) is 108 cm³/mol. The maximum atomic E-state index is 11.9. The molecule has 4 N–H and O–H groups in total. The van der Waals surface area contributed by atoms with Crippen LogP contribution in [0.25, 0.3) is 16.6 Å². The quantitative estimate of drug-likeness (QED) is 0.575. The fraction of sp³-hybridized carbons (Fsp3) is 0.238. The van der Waals surface area contributed by atoms with Gasteiger partial charge in [-0.05, 0) is 31.0 Å². The van der Waals surface area contributed by atoms with Crippen molar-refractivity contribution < 1.29 is 14.4 Å². The van der Waals surface area contributed by atoms with E-state index in [4.69, 9.17) is 5.73 Å². The van der Waals surface area contributed by atoms with Crippen LogP contribution in [-0.2, 0) is 9.59 Å². The molecule has 8 heteroatoms. The topological polar surface area (TPSA) is 119 Å². The summed E-state index contributed by atoms with van der Waals surface area (Å²) in [5.74, 6) is -1.49. The highest BCUT2D eigenvalue weighted by atomic mass is 16.2. The Morgan fingerprint density at radius 1 is 1.24 bits per heavy atom. The van der Waals surface area contributed by atoms with Gasteiger partial charge in [-0.3, -0.25) is 19.7 Å². The van der Waals surface area contributed by atoms with Gasteiger partial charge in [0.2, 0.25) is 11.8 Å². The third-order valence-electron chi connectivity index (χ3n) is 4.95. The highest BCUT2D eigenvalue weighted by Gasteiger charge is 2.31. The average Bonchev–Trinajstić information content (AvgIpc) is 3.24. The summed E-state index contributed by atoms with van der Waals surface area (Å²) in [4.78, 5) is 35.1. The largest absolute Gasteiger partial charge is 0.380 e. The third-order valence-corrected chi connectivity index (χ3v) is 4.95. The molecule has 3 heterocycles. The van der Waals surface area contributed by atoms with E-state index >= 15 is 0 Å². The van der Waals surface area contributed by atoms with E-state index in [1.54, 1.807) is 4.52 Å². The number of hydrogen-bond acceptors (Lipinski definition) is 5. The number of carbonyl (C=O) groups excluding carboxylic acids is 3. The van der Waals surface area contributed by atoms with E-state index < -0.39 is 11.8 Å². The molecule has 0 bridgehead atoms. The summed E-state index contributed by atoms with van der Waals surface area (Å²) < 4.78 is 1.70. The Morgan fingerprint density at radius 2 is 1.97 bits per heavy atom. The lowest BCUT2D eigenvalue weighted by Crippen LogP contribution is -2.21. The number of nitrogens with one attached hydrogen (secondary N) is 2. The molecule has 0 aliphatic carbocycles. The molecule has 148 valence electrons. The zero-order valence-corrected chi connectivity index (χ0v) is 16.1. The van der Waals surface area contributed by atoms with E-state index in [9.17, 15) is 14.4 Å². The number of benzene rings is 1. The number of aromatic nitrogens is 2. The SMILES string of the molecule is CC(C)Nc1c(C(N)=O)cnn2cc(-c3ccc(C4CC(=O)NC4=O)cc3)cc12. The van der Waals surface area contributed by atoms with Gasteiger partial charge in [0, 0.05) is 24.2 Å². The summed E-state index contributed by atoms with van der Waals surface area (Å²) in [5.41, 5.74) is 9.88. The van der Waals surface area contributed by atoms with E-state index in [0.29, 0.717) is 11.3 Å². The molecule has 3 amide bonds. The summed E-state index contributed by atoms with van der Waals surface area (Å²) in [6.45, 7) is 3.96. The minimum Gasteiger partial charge on any atom is -0.380 e. The Labute approximate surface area is 167 Å². The van der Waals surface area contributed by atoms with E-state index in [0.717, 1.165) is 22.2 Å². The molecule has 0 saturated carbocycles. The third kappa shape index (κ3) is 3.44. The molecule has 1 unspecified atom stereocenters. The smallest absolute Gasteiger partial charge is 0.252 e. The Balaban J connectivity index is 1.72. The number of hydrogen-bond donors (Lipinski definition) is 3. The van der Waals surface area contributed by atoms with Crippen molar-refractivity contribution in [3.63, 3.8) is 0 Å². The van der Waals surface area contributed by atoms with Gasteiger partial charge in [-0.15, -0.1) is 0 Å². The predicted octanol–water partition coefficient (Wildman–Crippen LogP) is 2.05. The van der Waals surface area contributed by atoms with Gasteiger partial charge in [-0.1, -0.05) is 24.3 Å². The Kier molecular flexibility index (Phi) is 4.54. The summed E-state index contributed by atoms with van der Waals surface area (Å²) in [7, 11) is 0. The molecule has 4 rings (SSSR count). The second-order valence-corrected chi connectivity index (χ2v) is 7.45. The molecule has 3 aromatic rings. The Bertz CT molecular complexity index is 1130. The van der Waals surface area contributed by atoms with Crippen molar-refractivity contribution in [1.29, 1.82) is 0 Å². The maximum Gasteiger partial charge on any atom is 0.252 e. The number of amides is 3. The lowest BCUT2D eigenvalue weighted by Gasteiger charge is -2.14. The van der Waals surface area contributed by atoms with Gasteiger partial charge >= 0.3 is 0 Å². The maximum absolute atomic E-state index is 11.9. The van der Waals surface area contributed by atoms with Crippen LogP contribution < -0.4 is 16.4 Å². The highest BCUT2D eigenvalue weighted by Crippen LogP contribution is 2.31. The fourth-order valence-corrected chi connectivity index (χ4v) is 3.57. The second kappa shape index (κ2) is 7.05. The van der Waals surface area contributed by atoms with Gasteiger partial charge in [0.15, 0.2) is 0 Å². The number of fused-ring (bicyclic) bond motifs is 1. The summed E-state index contributed by atoms with van der Waals surface area (Å²) in [6.07, 6.45) is 3.51. The Hall–Kier alpha value is -3.68. The first-order chi connectivity index (χ1) is 13.8. The number of rotatable bonds is 5. The van der Waals surface area contributed by atoms with Crippen LogP contribution in [0, 0.1) is 0 Å². The minimum absolute atomic E-state index is 0.109. The molecule has 0 spiro atoms. The first-order valence-corrected chi connectivity index (χ1v) is 9.35. The Morgan fingerprint density at radius 3 is 2.55 bits per heavy atom. The zero-order valence-electron chi connectivity index (χ0n) is 16.1. The highest BCUT2D eigenvalue weighted by molar-refractivity contribution is 6.06. The molecule has 1 aromatic carbocycles. The number of anilines is 1. The van der Waals surface area contributed by atoms with E-state index in [1.165, 1.54) is 6.20 Å². The van der Waals surface area contributed by atoms with Crippen molar-refractivity contribution in [2.24, 2.45) is 5.73 Å². The molecular weight excluding hydrogens is 370 g/mol. The van der Waals surface area contributed by atoms with Crippen molar-refractivity contribution >= 4 is 28.9 Å². The molecule has 8 nitrogen and oxygen atoms in total.